The molecule has 1 rings (SSSR count). The summed E-state index contributed by atoms with van der Waals surface area (Å²) in [5, 5.41) is 8.86. The summed E-state index contributed by atoms with van der Waals surface area (Å²) in [7, 11) is 0. The Bertz CT molecular complexity index is 498. The molecule has 0 unspecified atom stereocenters. The number of nitriles is 1. The maximum Gasteiger partial charge on any atom is 0.310 e. The third-order valence-electron chi connectivity index (χ3n) is 2.28. The summed E-state index contributed by atoms with van der Waals surface area (Å²) in [5.74, 6) is -0.602. The largest absolute Gasteiger partial charge is 0.466 e. The molecule has 0 saturated carbocycles. The van der Waals surface area contributed by atoms with Crippen LogP contribution >= 0.6 is 12.6 Å². The van der Waals surface area contributed by atoms with Crippen molar-refractivity contribution in [3.05, 3.63) is 28.8 Å². The Kier molecular flexibility index (Phi) is 5.10. The molecular weight excluding hydrogens is 260 g/mol. The van der Waals surface area contributed by atoms with Crippen molar-refractivity contribution in [2.45, 2.75) is 24.7 Å². The van der Waals surface area contributed by atoms with E-state index in [4.69, 9.17) is 10.00 Å². The summed E-state index contributed by atoms with van der Waals surface area (Å²) in [6.45, 7) is 1.81. The first-order valence-corrected chi connectivity index (χ1v) is 5.64. The van der Waals surface area contributed by atoms with Gasteiger partial charge in [-0.25, -0.2) is 8.78 Å². The first kappa shape index (κ1) is 14.5. The molecule has 0 atom stereocenters. The summed E-state index contributed by atoms with van der Waals surface area (Å²) >= 11 is 3.95. The second-order valence-corrected chi connectivity index (χ2v) is 3.91. The van der Waals surface area contributed by atoms with Crippen LogP contribution in [0.25, 0.3) is 0 Å². The molecule has 0 aliphatic carbocycles. The van der Waals surface area contributed by atoms with Crippen molar-refractivity contribution in [1.29, 1.82) is 5.26 Å². The minimum atomic E-state index is -2.84. The SMILES string of the molecule is CCOC(=O)Cc1ccc(S)c(C#N)c1C(F)F. The molecule has 18 heavy (non-hydrogen) atoms. The number of rotatable bonds is 4. The van der Waals surface area contributed by atoms with Crippen molar-refractivity contribution in [3.63, 3.8) is 0 Å². The van der Waals surface area contributed by atoms with E-state index in [0.29, 0.717) is 0 Å². The second-order valence-electron chi connectivity index (χ2n) is 3.43. The predicted molar refractivity (Wildman–Crippen MR) is 63.7 cm³/mol. The minimum Gasteiger partial charge on any atom is -0.466 e. The zero-order valence-electron chi connectivity index (χ0n) is 9.61. The van der Waals surface area contributed by atoms with Gasteiger partial charge in [0.05, 0.1) is 18.6 Å². The van der Waals surface area contributed by atoms with Gasteiger partial charge in [-0.1, -0.05) is 6.07 Å². The van der Waals surface area contributed by atoms with Crippen LogP contribution in [0, 0.1) is 11.3 Å². The van der Waals surface area contributed by atoms with Crippen molar-refractivity contribution in [1.82, 2.24) is 0 Å². The summed E-state index contributed by atoms with van der Waals surface area (Å²) < 4.78 is 30.6. The molecule has 0 saturated heterocycles. The van der Waals surface area contributed by atoms with Crippen molar-refractivity contribution in [2.75, 3.05) is 6.61 Å². The van der Waals surface area contributed by atoms with Gasteiger partial charge >= 0.3 is 5.97 Å². The number of halogens is 2. The van der Waals surface area contributed by atoms with Gasteiger partial charge < -0.3 is 4.74 Å². The van der Waals surface area contributed by atoms with E-state index >= 15 is 0 Å². The Balaban J connectivity index is 3.20. The highest BCUT2D eigenvalue weighted by molar-refractivity contribution is 7.80. The molecule has 96 valence electrons. The number of nitrogens with zero attached hydrogens (tertiary/aromatic N) is 1. The molecule has 0 N–H and O–H groups in total. The van der Waals surface area contributed by atoms with Crippen LogP contribution in [0.1, 0.15) is 30.0 Å². The van der Waals surface area contributed by atoms with Gasteiger partial charge in [-0.05, 0) is 18.6 Å². The number of ether oxygens (including phenoxy) is 1. The molecule has 0 bridgehead atoms. The fourth-order valence-electron chi connectivity index (χ4n) is 1.54. The van der Waals surface area contributed by atoms with Crippen molar-refractivity contribution in [3.8, 4) is 6.07 Å². The molecule has 0 aliphatic heterocycles. The van der Waals surface area contributed by atoms with Crippen LogP contribution in [-0.4, -0.2) is 12.6 Å². The molecule has 6 heteroatoms. The van der Waals surface area contributed by atoms with Crippen LogP contribution in [0.4, 0.5) is 8.78 Å². The summed E-state index contributed by atoms with van der Waals surface area (Å²) in [6, 6.07) is 4.46. The number of alkyl halides is 2. The Hall–Kier alpha value is -1.61. The molecule has 1 aromatic rings. The third-order valence-corrected chi connectivity index (χ3v) is 2.66. The lowest BCUT2D eigenvalue weighted by molar-refractivity contribution is -0.142. The highest BCUT2D eigenvalue weighted by Gasteiger charge is 2.21. The van der Waals surface area contributed by atoms with Crippen molar-refractivity contribution in [2.24, 2.45) is 0 Å². The van der Waals surface area contributed by atoms with Gasteiger partial charge in [-0.2, -0.15) is 5.26 Å². The Morgan fingerprint density at radius 1 is 1.56 bits per heavy atom. The summed E-state index contributed by atoms with van der Waals surface area (Å²) in [4.78, 5) is 11.5. The third kappa shape index (κ3) is 3.20. The van der Waals surface area contributed by atoms with E-state index in [0.717, 1.165) is 0 Å². The highest BCUT2D eigenvalue weighted by Crippen LogP contribution is 2.30. The van der Waals surface area contributed by atoms with E-state index in [1.54, 1.807) is 13.0 Å². The first-order chi connectivity index (χ1) is 8.51. The average Bonchev–Trinajstić information content (AvgIpc) is 2.30. The minimum absolute atomic E-state index is 0.0952. The quantitative estimate of drug-likeness (QED) is 0.676. The molecule has 0 spiro atoms. The van der Waals surface area contributed by atoms with Crippen LogP contribution in [0.2, 0.25) is 0 Å². The van der Waals surface area contributed by atoms with Crippen LogP contribution in [0.5, 0.6) is 0 Å². The van der Waals surface area contributed by atoms with Gasteiger partial charge in [-0.15, -0.1) is 12.6 Å². The van der Waals surface area contributed by atoms with Crippen LogP contribution in [0.15, 0.2) is 17.0 Å². The number of hydrogen-bond donors (Lipinski definition) is 1. The van der Waals surface area contributed by atoms with Gasteiger partial charge in [0, 0.05) is 10.5 Å². The maximum absolute atomic E-state index is 13.0. The van der Waals surface area contributed by atoms with E-state index < -0.39 is 18.0 Å². The predicted octanol–water partition coefficient (Wildman–Crippen LogP) is 2.89. The number of esters is 1. The smallest absolute Gasteiger partial charge is 0.310 e. The first-order valence-electron chi connectivity index (χ1n) is 5.19. The molecule has 0 amide bonds. The standard InChI is InChI=1S/C12H11F2NO2S/c1-2-17-10(16)5-7-3-4-9(18)8(6-15)11(7)12(13)14/h3-4,12,18H,2,5H2,1H3. The lowest BCUT2D eigenvalue weighted by Crippen LogP contribution is -2.10. The molecule has 0 fully saturated rings. The van der Waals surface area contributed by atoms with Gasteiger partial charge in [-0.3, -0.25) is 4.79 Å². The van der Waals surface area contributed by atoms with Crippen molar-refractivity contribution < 1.29 is 18.3 Å². The van der Waals surface area contributed by atoms with E-state index in [-0.39, 0.29) is 29.1 Å². The fraction of sp³-hybridized carbons (Fsp3) is 0.333. The fourth-order valence-corrected chi connectivity index (χ4v) is 1.78. The lowest BCUT2D eigenvalue weighted by atomic mass is 9.99. The highest BCUT2D eigenvalue weighted by atomic mass is 32.1. The molecule has 3 nitrogen and oxygen atoms in total. The molecule has 0 aliphatic rings. The Labute approximate surface area is 109 Å². The van der Waals surface area contributed by atoms with Gasteiger partial charge in [0.25, 0.3) is 6.43 Å². The zero-order chi connectivity index (χ0) is 13.7. The monoisotopic (exact) mass is 271 g/mol. The van der Waals surface area contributed by atoms with Crippen molar-refractivity contribution >= 4 is 18.6 Å². The van der Waals surface area contributed by atoms with Gasteiger partial charge in [0.2, 0.25) is 0 Å². The molecular formula is C12H11F2NO2S. The maximum atomic E-state index is 13.0. The molecule has 0 radical (unpaired) electrons. The second kappa shape index (κ2) is 6.36. The van der Waals surface area contributed by atoms with E-state index in [2.05, 4.69) is 12.6 Å². The topological polar surface area (TPSA) is 50.1 Å². The summed E-state index contributed by atoms with van der Waals surface area (Å²) in [5.41, 5.74) is -0.550. The van der Waals surface area contributed by atoms with E-state index in [1.165, 1.54) is 12.1 Å². The number of hydrogen-bond acceptors (Lipinski definition) is 4. The Morgan fingerprint density at radius 2 is 2.22 bits per heavy atom. The van der Waals surface area contributed by atoms with Gasteiger partial charge in [0.1, 0.15) is 6.07 Å². The zero-order valence-corrected chi connectivity index (χ0v) is 10.5. The van der Waals surface area contributed by atoms with E-state index in [1.807, 2.05) is 0 Å². The number of carbonyl (C=O) groups is 1. The Morgan fingerprint density at radius 3 is 2.72 bits per heavy atom. The van der Waals surface area contributed by atoms with Crippen LogP contribution in [0.3, 0.4) is 0 Å². The number of carbonyl (C=O) groups excluding carboxylic acids is 1. The van der Waals surface area contributed by atoms with Gasteiger partial charge in [0.15, 0.2) is 0 Å². The number of benzene rings is 1. The molecule has 1 aromatic carbocycles. The molecule has 0 heterocycles. The molecule has 0 aromatic heterocycles. The van der Waals surface area contributed by atoms with E-state index in [9.17, 15) is 13.6 Å². The number of thiol groups is 1. The summed E-state index contributed by atoms with van der Waals surface area (Å²) in [6.07, 6.45) is -3.12. The lowest BCUT2D eigenvalue weighted by Gasteiger charge is -2.11. The van der Waals surface area contributed by atoms with Crippen LogP contribution < -0.4 is 0 Å². The average molecular weight is 271 g/mol. The normalized spacial score (nSPS) is 10.2. The van der Waals surface area contributed by atoms with Crippen LogP contribution in [-0.2, 0) is 16.0 Å².